The van der Waals surface area contributed by atoms with Crippen molar-refractivity contribution in [2.75, 3.05) is 13.1 Å². The topological polar surface area (TPSA) is 80.8 Å². The molecule has 3 N–H and O–H groups in total. The van der Waals surface area contributed by atoms with Gasteiger partial charge in [0.15, 0.2) is 0 Å². The summed E-state index contributed by atoms with van der Waals surface area (Å²) in [6.45, 7) is 4.10. The molecule has 0 spiro atoms. The van der Waals surface area contributed by atoms with Crippen molar-refractivity contribution in [1.29, 1.82) is 0 Å². The molecule has 136 valence electrons. The molecule has 0 unspecified atom stereocenters. The maximum absolute atomic E-state index is 13.2. The summed E-state index contributed by atoms with van der Waals surface area (Å²) in [5, 5.41) is 24.8. The zero-order valence-electron chi connectivity index (χ0n) is 14.6. The Morgan fingerprint density at radius 3 is 2.77 bits per heavy atom. The van der Waals surface area contributed by atoms with Gasteiger partial charge in [0.2, 0.25) is 0 Å². The maximum atomic E-state index is 13.2. The molecule has 2 aromatic heterocycles. The largest absolute Gasteiger partial charge is 0.391 e. The SMILES string of the molecule is Cc1cc(C[C@@H]2CN(Cc3cn[nH]c3-c3ccc(F)cc3)C[C@H]2O)n[nH]1. The van der Waals surface area contributed by atoms with Crippen molar-refractivity contribution in [1.82, 2.24) is 25.3 Å². The highest BCUT2D eigenvalue weighted by atomic mass is 19.1. The van der Waals surface area contributed by atoms with E-state index in [4.69, 9.17) is 0 Å². The van der Waals surface area contributed by atoms with Crippen molar-refractivity contribution >= 4 is 0 Å². The van der Waals surface area contributed by atoms with Crippen LogP contribution in [0.5, 0.6) is 0 Å². The van der Waals surface area contributed by atoms with E-state index in [2.05, 4.69) is 25.3 Å². The van der Waals surface area contributed by atoms with Gasteiger partial charge in [0.25, 0.3) is 0 Å². The summed E-state index contributed by atoms with van der Waals surface area (Å²) in [5.41, 5.74) is 4.86. The van der Waals surface area contributed by atoms with Crippen molar-refractivity contribution < 1.29 is 9.50 Å². The number of aromatic amines is 2. The Morgan fingerprint density at radius 2 is 2.04 bits per heavy atom. The molecule has 4 rings (SSSR count). The van der Waals surface area contributed by atoms with E-state index < -0.39 is 0 Å². The normalized spacial score (nSPS) is 20.7. The van der Waals surface area contributed by atoms with E-state index >= 15 is 0 Å². The Morgan fingerprint density at radius 1 is 1.23 bits per heavy atom. The van der Waals surface area contributed by atoms with Gasteiger partial charge in [-0.2, -0.15) is 10.2 Å². The smallest absolute Gasteiger partial charge is 0.123 e. The van der Waals surface area contributed by atoms with Crippen molar-refractivity contribution in [2.24, 2.45) is 5.92 Å². The van der Waals surface area contributed by atoms with Crippen LogP contribution in [0.1, 0.15) is 17.0 Å². The van der Waals surface area contributed by atoms with Crippen LogP contribution in [0.15, 0.2) is 36.5 Å². The average Bonchev–Trinajstić information content (AvgIpc) is 3.31. The second-order valence-corrected chi connectivity index (χ2v) is 7.05. The third-order valence-corrected chi connectivity index (χ3v) is 4.96. The molecule has 3 aromatic rings. The zero-order valence-corrected chi connectivity index (χ0v) is 14.6. The van der Waals surface area contributed by atoms with Gasteiger partial charge in [-0.15, -0.1) is 0 Å². The lowest BCUT2D eigenvalue weighted by molar-refractivity contribution is 0.140. The molecule has 26 heavy (non-hydrogen) atoms. The van der Waals surface area contributed by atoms with Crippen molar-refractivity contribution in [3.63, 3.8) is 0 Å². The summed E-state index contributed by atoms with van der Waals surface area (Å²) in [5.74, 6) is -0.0900. The highest BCUT2D eigenvalue weighted by Gasteiger charge is 2.32. The minimum Gasteiger partial charge on any atom is -0.391 e. The standard InChI is InChI=1S/C19H22FN5O/c1-12-6-17(23-22-12)7-14-9-25(11-18(14)26)10-15-8-21-24-19(15)13-2-4-16(20)5-3-13/h2-6,8,14,18,26H,7,9-11H2,1H3,(H,21,24)(H,22,23)/t14-,18-/m1/s1. The molecular formula is C19H22FN5O. The molecule has 6 nitrogen and oxygen atoms in total. The fraction of sp³-hybridized carbons (Fsp3) is 0.368. The van der Waals surface area contributed by atoms with E-state index in [9.17, 15) is 9.50 Å². The number of hydrogen-bond donors (Lipinski definition) is 3. The highest BCUT2D eigenvalue weighted by molar-refractivity contribution is 5.62. The van der Waals surface area contributed by atoms with Crippen LogP contribution >= 0.6 is 0 Å². The quantitative estimate of drug-likeness (QED) is 0.656. The second-order valence-electron chi connectivity index (χ2n) is 7.05. The number of rotatable bonds is 5. The van der Waals surface area contributed by atoms with E-state index in [1.807, 2.05) is 13.0 Å². The first-order chi connectivity index (χ1) is 12.6. The maximum Gasteiger partial charge on any atom is 0.123 e. The molecule has 0 aliphatic carbocycles. The molecule has 1 aliphatic heterocycles. The monoisotopic (exact) mass is 355 g/mol. The first-order valence-corrected chi connectivity index (χ1v) is 8.78. The van der Waals surface area contributed by atoms with Crippen molar-refractivity contribution in [3.05, 3.63) is 59.3 Å². The van der Waals surface area contributed by atoms with E-state index in [1.165, 1.54) is 12.1 Å². The molecule has 1 saturated heterocycles. The lowest BCUT2D eigenvalue weighted by Gasteiger charge is -2.15. The number of nitrogens with one attached hydrogen (secondary N) is 2. The molecule has 0 amide bonds. The number of aryl methyl sites for hydroxylation is 1. The van der Waals surface area contributed by atoms with Gasteiger partial charge < -0.3 is 5.11 Å². The van der Waals surface area contributed by atoms with Crippen LogP contribution in [-0.4, -0.2) is 49.6 Å². The van der Waals surface area contributed by atoms with Crippen LogP contribution in [0.25, 0.3) is 11.3 Å². The fourth-order valence-electron chi connectivity index (χ4n) is 3.66. The molecule has 0 radical (unpaired) electrons. The zero-order chi connectivity index (χ0) is 18.1. The molecular weight excluding hydrogens is 333 g/mol. The van der Waals surface area contributed by atoms with Crippen LogP contribution in [0.4, 0.5) is 4.39 Å². The number of aromatic nitrogens is 4. The summed E-state index contributed by atoms with van der Waals surface area (Å²) in [6.07, 6.45) is 2.20. The third kappa shape index (κ3) is 3.54. The molecule has 0 saturated carbocycles. The predicted octanol–water partition coefficient (Wildman–Crippen LogP) is 2.28. The summed E-state index contributed by atoms with van der Waals surface area (Å²) in [7, 11) is 0. The van der Waals surface area contributed by atoms with E-state index in [0.29, 0.717) is 13.1 Å². The Hall–Kier alpha value is -2.51. The number of hydrogen-bond acceptors (Lipinski definition) is 4. The van der Waals surface area contributed by atoms with Crippen LogP contribution in [-0.2, 0) is 13.0 Å². The minimum atomic E-state index is -0.367. The van der Waals surface area contributed by atoms with E-state index in [1.54, 1.807) is 18.3 Å². The highest BCUT2D eigenvalue weighted by Crippen LogP contribution is 2.26. The lowest BCUT2D eigenvalue weighted by atomic mass is 10.0. The number of H-pyrrole nitrogens is 2. The average molecular weight is 355 g/mol. The van der Waals surface area contributed by atoms with Gasteiger partial charge in [-0.25, -0.2) is 4.39 Å². The molecule has 2 atom stereocenters. The first kappa shape index (κ1) is 16.9. The Bertz CT molecular complexity index is 872. The summed E-state index contributed by atoms with van der Waals surface area (Å²) in [6, 6.07) is 8.41. The predicted molar refractivity (Wildman–Crippen MR) is 95.8 cm³/mol. The first-order valence-electron chi connectivity index (χ1n) is 8.78. The number of likely N-dealkylation sites (tertiary alicyclic amines) is 1. The summed E-state index contributed by atoms with van der Waals surface area (Å²) in [4.78, 5) is 2.23. The van der Waals surface area contributed by atoms with E-state index in [0.717, 1.165) is 41.2 Å². The van der Waals surface area contributed by atoms with Crippen LogP contribution < -0.4 is 0 Å². The van der Waals surface area contributed by atoms with E-state index in [-0.39, 0.29) is 17.8 Å². The number of aliphatic hydroxyl groups is 1. The Balaban J connectivity index is 1.44. The van der Waals surface area contributed by atoms with Gasteiger partial charge in [-0.3, -0.25) is 15.1 Å². The number of β-amino-alcohol motifs (C(OH)–C–C–N with tert-alkyl or cyclic N) is 1. The summed E-state index contributed by atoms with van der Waals surface area (Å²) < 4.78 is 13.2. The molecule has 1 aliphatic rings. The third-order valence-electron chi connectivity index (χ3n) is 4.96. The summed E-state index contributed by atoms with van der Waals surface area (Å²) >= 11 is 0. The Labute approximate surface area is 151 Å². The van der Waals surface area contributed by atoms with Crippen LogP contribution in [0.3, 0.4) is 0 Å². The van der Waals surface area contributed by atoms with Crippen LogP contribution in [0.2, 0.25) is 0 Å². The lowest BCUT2D eigenvalue weighted by Crippen LogP contribution is -2.21. The second kappa shape index (κ2) is 7.01. The molecule has 1 fully saturated rings. The van der Waals surface area contributed by atoms with Gasteiger partial charge in [0, 0.05) is 42.4 Å². The molecule has 1 aromatic carbocycles. The van der Waals surface area contributed by atoms with Crippen molar-refractivity contribution in [3.8, 4) is 11.3 Å². The number of aliphatic hydroxyl groups excluding tert-OH is 1. The molecule has 0 bridgehead atoms. The Kier molecular flexibility index (Phi) is 4.57. The van der Waals surface area contributed by atoms with Gasteiger partial charge >= 0.3 is 0 Å². The van der Waals surface area contributed by atoms with Crippen LogP contribution in [0, 0.1) is 18.7 Å². The van der Waals surface area contributed by atoms with Gasteiger partial charge in [0.1, 0.15) is 5.82 Å². The van der Waals surface area contributed by atoms with Gasteiger partial charge in [0.05, 0.1) is 23.7 Å². The number of halogens is 1. The van der Waals surface area contributed by atoms with Gasteiger partial charge in [-0.1, -0.05) is 0 Å². The number of nitrogens with zero attached hydrogens (tertiary/aromatic N) is 3. The minimum absolute atomic E-state index is 0.166. The van der Waals surface area contributed by atoms with Gasteiger partial charge in [-0.05, 0) is 43.7 Å². The molecule has 7 heteroatoms. The fourth-order valence-corrected chi connectivity index (χ4v) is 3.66. The molecule has 3 heterocycles. The van der Waals surface area contributed by atoms with Crippen molar-refractivity contribution in [2.45, 2.75) is 26.0 Å². The number of benzene rings is 1.